The SMILES string of the molecule is CC(C)[C@@H](C)NC(=O)COC(=O)[C@@H](C(C)C)N1C(=O)c2ccccc2C1=O. The summed E-state index contributed by atoms with van der Waals surface area (Å²) in [7, 11) is 0. The van der Waals surface area contributed by atoms with Crippen LogP contribution in [0.4, 0.5) is 0 Å². The van der Waals surface area contributed by atoms with Gasteiger partial charge in [-0.05, 0) is 30.9 Å². The van der Waals surface area contributed by atoms with Crippen molar-refractivity contribution in [3.05, 3.63) is 35.4 Å². The molecule has 1 aromatic carbocycles. The molecule has 0 saturated heterocycles. The number of hydrogen-bond donors (Lipinski definition) is 1. The fourth-order valence-corrected chi connectivity index (χ4v) is 2.82. The molecular formula is C20H26N2O5. The summed E-state index contributed by atoms with van der Waals surface area (Å²) in [5, 5.41) is 2.74. The number of ether oxygens (including phenoxy) is 1. The van der Waals surface area contributed by atoms with Gasteiger partial charge in [-0.15, -0.1) is 0 Å². The number of fused-ring (bicyclic) bond motifs is 1. The largest absolute Gasteiger partial charge is 0.454 e. The Hall–Kier alpha value is -2.70. The first-order valence-corrected chi connectivity index (χ1v) is 9.08. The highest BCUT2D eigenvalue weighted by Crippen LogP contribution is 2.27. The number of hydrogen-bond acceptors (Lipinski definition) is 5. The number of amides is 3. The molecule has 1 N–H and O–H groups in total. The van der Waals surface area contributed by atoms with Crippen LogP contribution in [0, 0.1) is 11.8 Å². The zero-order valence-corrected chi connectivity index (χ0v) is 16.3. The fraction of sp³-hybridized carbons (Fsp3) is 0.500. The number of carbonyl (C=O) groups excluding carboxylic acids is 4. The first-order valence-electron chi connectivity index (χ1n) is 9.08. The molecule has 0 bridgehead atoms. The Morgan fingerprint density at radius 1 is 0.963 bits per heavy atom. The number of benzene rings is 1. The average molecular weight is 374 g/mol. The molecule has 1 heterocycles. The summed E-state index contributed by atoms with van der Waals surface area (Å²) in [6.07, 6.45) is 0. The highest BCUT2D eigenvalue weighted by molar-refractivity contribution is 6.22. The van der Waals surface area contributed by atoms with E-state index in [1.54, 1.807) is 38.1 Å². The van der Waals surface area contributed by atoms with Gasteiger partial charge in [0.1, 0.15) is 6.04 Å². The van der Waals surface area contributed by atoms with Gasteiger partial charge in [-0.25, -0.2) is 4.79 Å². The number of rotatable bonds is 7. The van der Waals surface area contributed by atoms with E-state index in [1.165, 1.54) is 0 Å². The second-order valence-corrected chi connectivity index (χ2v) is 7.42. The molecule has 2 rings (SSSR count). The lowest BCUT2D eigenvalue weighted by molar-refractivity contribution is -0.153. The number of imide groups is 1. The van der Waals surface area contributed by atoms with Gasteiger partial charge in [0.05, 0.1) is 11.1 Å². The van der Waals surface area contributed by atoms with Crippen molar-refractivity contribution in [2.24, 2.45) is 11.8 Å². The summed E-state index contributed by atoms with van der Waals surface area (Å²) in [5.41, 5.74) is 0.536. The topological polar surface area (TPSA) is 92.8 Å². The van der Waals surface area contributed by atoms with Crippen LogP contribution in [0.25, 0.3) is 0 Å². The van der Waals surface area contributed by atoms with Crippen LogP contribution in [0.15, 0.2) is 24.3 Å². The maximum Gasteiger partial charge on any atom is 0.330 e. The molecule has 1 aromatic rings. The number of nitrogens with zero attached hydrogens (tertiary/aromatic N) is 1. The van der Waals surface area contributed by atoms with Gasteiger partial charge in [0.2, 0.25) is 0 Å². The van der Waals surface area contributed by atoms with Crippen molar-refractivity contribution in [3.8, 4) is 0 Å². The molecule has 0 aromatic heterocycles. The van der Waals surface area contributed by atoms with Crippen LogP contribution in [-0.4, -0.2) is 47.3 Å². The Labute approximate surface area is 159 Å². The van der Waals surface area contributed by atoms with Crippen LogP contribution in [0.1, 0.15) is 55.3 Å². The third-order valence-electron chi connectivity index (χ3n) is 4.71. The summed E-state index contributed by atoms with van der Waals surface area (Å²) in [4.78, 5) is 50.7. The van der Waals surface area contributed by atoms with Gasteiger partial charge in [0, 0.05) is 6.04 Å². The third kappa shape index (κ3) is 4.35. The molecule has 0 radical (unpaired) electrons. The van der Waals surface area contributed by atoms with Gasteiger partial charge in [-0.2, -0.15) is 0 Å². The third-order valence-corrected chi connectivity index (χ3v) is 4.71. The number of carbonyl (C=O) groups is 4. The molecule has 0 fully saturated rings. The normalized spacial score (nSPS) is 15.7. The van der Waals surface area contributed by atoms with Crippen molar-refractivity contribution in [1.29, 1.82) is 0 Å². The van der Waals surface area contributed by atoms with Crippen LogP contribution < -0.4 is 5.32 Å². The Morgan fingerprint density at radius 2 is 1.48 bits per heavy atom. The van der Waals surface area contributed by atoms with E-state index in [1.807, 2.05) is 20.8 Å². The molecule has 1 aliphatic rings. The van der Waals surface area contributed by atoms with Crippen LogP contribution in [0.3, 0.4) is 0 Å². The first kappa shape index (κ1) is 20.6. The van der Waals surface area contributed by atoms with Crippen molar-refractivity contribution in [1.82, 2.24) is 10.2 Å². The van der Waals surface area contributed by atoms with Crippen molar-refractivity contribution < 1.29 is 23.9 Å². The minimum absolute atomic E-state index is 0.0617. The molecule has 27 heavy (non-hydrogen) atoms. The molecule has 3 amide bonds. The molecule has 146 valence electrons. The Balaban J connectivity index is 2.10. The van der Waals surface area contributed by atoms with Gasteiger partial charge in [0.15, 0.2) is 6.61 Å². The predicted octanol–water partition coefficient (Wildman–Crippen LogP) is 2.01. The molecule has 2 atom stereocenters. The zero-order valence-electron chi connectivity index (χ0n) is 16.3. The predicted molar refractivity (Wildman–Crippen MR) is 99.0 cm³/mol. The van der Waals surface area contributed by atoms with Crippen molar-refractivity contribution in [2.75, 3.05) is 6.61 Å². The van der Waals surface area contributed by atoms with E-state index in [4.69, 9.17) is 4.74 Å². The van der Waals surface area contributed by atoms with Crippen molar-refractivity contribution in [2.45, 2.75) is 46.7 Å². The van der Waals surface area contributed by atoms with E-state index >= 15 is 0 Å². The highest BCUT2D eigenvalue weighted by Gasteiger charge is 2.44. The monoisotopic (exact) mass is 374 g/mol. The maximum absolute atomic E-state index is 12.6. The first-order chi connectivity index (χ1) is 12.6. The van der Waals surface area contributed by atoms with E-state index in [0.717, 1.165) is 4.90 Å². The molecule has 7 heteroatoms. The molecule has 0 unspecified atom stereocenters. The van der Waals surface area contributed by atoms with Gasteiger partial charge in [0.25, 0.3) is 17.7 Å². The van der Waals surface area contributed by atoms with E-state index in [0.29, 0.717) is 0 Å². The lowest BCUT2D eigenvalue weighted by atomic mass is 10.0. The van der Waals surface area contributed by atoms with Gasteiger partial charge in [-0.1, -0.05) is 39.8 Å². The van der Waals surface area contributed by atoms with Gasteiger partial charge < -0.3 is 10.1 Å². The quantitative estimate of drug-likeness (QED) is 0.582. The van der Waals surface area contributed by atoms with Crippen molar-refractivity contribution >= 4 is 23.7 Å². The number of nitrogens with one attached hydrogen (secondary N) is 1. The van der Waals surface area contributed by atoms with E-state index in [2.05, 4.69) is 5.32 Å². The summed E-state index contributed by atoms with van der Waals surface area (Å²) >= 11 is 0. The molecule has 0 saturated carbocycles. The van der Waals surface area contributed by atoms with E-state index < -0.39 is 36.3 Å². The molecule has 7 nitrogen and oxygen atoms in total. The smallest absolute Gasteiger partial charge is 0.330 e. The molecular weight excluding hydrogens is 348 g/mol. The number of esters is 1. The summed E-state index contributed by atoms with van der Waals surface area (Å²) in [6, 6.07) is 5.28. The Bertz CT molecular complexity index is 721. The highest BCUT2D eigenvalue weighted by atomic mass is 16.5. The summed E-state index contributed by atoms with van der Waals surface area (Å²) < 4.78 is 5.12. The van der Waals surface area contributed by atoms with Gasteiger partial charge >= 0.3 is 5.97 Å². The molecule has 0 spiro atoms. The lowest BCUT2D eigenvalue weighted by Crippen LogP contribution is -2.49. The minimum atomic E-state index is -1.09. The summed E-state index contributed by atoms with van der Waals surface area (Å²) in [6.45, 7) is 8.77. The van der Waals surface area contributed by atoms with Crippen LogP contribution in [0.5, 0.6) is 0 Å². The van der Waals surface area contributed by atoms with E-state index in [9.17, 15) is 19.2 Å². The standard InChI is InChI=1S/C20H26N2O5/c1-11(2)13(5)21-16(23)10-27-20(26)17(12(3)4)22-18(24)14-8-6-7-9-15(14)19(22)25/h6-9,11-13,17H,10H2,1-5H3,(H,21,23)/t13-,17-/m1/s1. The second-order valence-electron chi connectivity index (χ2n) is 7.42. The molecule has 1 aliphatic heterocycles. The zero-order chi connectivity index (χ0) is 20.3. The van der Waals surface area contributed by atoms with Gasteiger partial charge in [-0.3, -0.25) is 19.3 Å². The van der Waals surface area contributed by atoms with Crippen LogP contribution >= 0.6 is 0 Å². The lowest BCUT2D eigenvalue weighted by Gasteiger charge is -2.27. The summed E-state index contributed by atoms with van der Waals surface area (Å²) in [5.74, 6) is -2.36. The molecule has 0 aliphatic carbocycles. The fourth-order valence-electron chi connectivity index (χ4n) is 2.82. The minimum Gasteiger partial charge on any atom is -0.454 e. The average Bonchev–Trinajstić information content (AvgIpc) is 2.85. The van der Waals surface area contributed by atoms with Crippen LogP contribution in [0.2, 0.25) is 0 Å². The Morgan fingerprint density at radius 3 is 1.93 bits per heavy atom. The van der Waals surface area contributed by atoms with E-state index in [-0.39, 0.29) is 29.0 Å². The second kappa shape index (κ2) is 8.33. The van der Waals surface area contributed by atoms with Crippen LogP contribution in [-0.2, 0) is 14.3 Å². The Kier molecular flexibility index (Phi) is 6.36. The van der Waals surface area contributed by atoms with Crippen molar-refractivity contribution in [3.63, 3.8) is 0 Å². The maximum atomic E-state index is 12.6.